The lowest BCUT2D eigenvalue weighted by Gasteiger charge is -2.47. The highest BCUT2D eigenvalue weighted by molar-refractivity contribution is 5.86. The number of benzene rings is 3. The molecule has 0 aromatic heterocycles. The molecule has 54 heavy (non-hydrogen) atoms. The monoisotopic (exact) mass is 745 g/mol. The molecule has 3 amide bonds. The van der Waals surface area contributed by atoms with E-state index in [4.69, 9.17) is 23.7 Å². The second kappa shape index (κ2) is 20.1. The number of carbonyl (C=O) groups is 4. The maximum absolute atomic E-state index is 13.3. The fourth-order valence-electron chi connectivity index (χ4n) is 7.10. The van der Waals surface area contributed by atoms with E-state index < -0.39 is 48.3 Å². The highest BCUT2D eigenvalue weighted by Gasteiger charge is 2.47. The van der Waals surface area contributed by atoms with Crippen molar-refractivity contribution in [1.82, 2.24) is 16.0 Å². The smallest absolute Gasteiger partial charge is 0.407 e. The summed E-state index contributed by atoms with van der Waals surface area (Å²) in [6.07, 6.45) is 1.58. The molecule has 0 saturated carbocycles. The first kappa shape index (κ1) is 40.5. The summed E-state index contributed by atoms with van der Waals surface area (Å²) < 4.78 is 29.9. The second-order valence-electron chi connectivity index (χ2n) is 14.5. The number of carbonyl (C=O) groups excluding carboxylic acids is 4. The Morgan fingerprint density at radius 2 is 1.65 bits per heavy atom. The van der Waals surface area contributed by atoms with Crippen molar-refractivity contribution in [2.45, 2.75) is 115 Å². The molecule has 2 fully saturated rings. The molecular formula is C42H55N3O9. The molecule has 3 aromatic carbocycles. The van der Waals surface area contributed by atoms with E-state index in [1.165, 1.54) is 0 Å². The van der Waals surface area contributed by atoms with Crippen molar-refractivity contribution in [3.63, 3.8) is 0 Å². The summed E-state index contributed by atoms with van der Waals surface area (Å²) in [5.74, 6) is -1.46. The van der Waals surface area contributed by atoms with Crippen molar-refractivity contribution in [3.8, 4) is 0 Å². The van der Waals surface area contributed by atoms with Gasteiger partial charge >= 0.3 is 18.2 Å². The van der Waals surface area contributed by atoms with Gasteiger partial charge in [0.25, 0.3) is 0 Å². The Morgan fingerprint density at radius 1 is 0.889 bits per heavy atom. The standard InChI is InChI=1S/C42H55N3O9/c1-4-50-39(47)37(24-30-12-6-5-7-13-30)45-38(46)20-19-33-25-35(52-41(49)44-27-32-16-10-15-31-14-8-9-18-36(31)32)26-42(53-33)22-11-17-34(54-42)28-51-40(48)43-23-21-29(2)3/h5-10,12-16,18,29,33-35,37H,4,11,17,19-28H2,1-3H3,(H,43,48)(H,44,49)(H,45,46)/t33?,34?,35?,37-,42?/m0/s1. The van der Waals surface area contributed by atoms with Gasteiger partial charge in [-0.15, -0.1) is 0 Å². The number of ether oxygens (including phenoxy) is 5. The highest BCUT2D eigenvalue weighted by Crippen LogP contribution is 2.41. The van der Waals surface area contributed by atoms with E-state index in [0.717, 1.165) is 34.7 Å². The predicted molar refractivity (Wildman–Crippen MR) is 203 cm³/mol. The van der Waals surface area contributed by atoms with Crippen LogP contribution in [0.2, 0.25) is 0 Å². The minimum absolute atomic E-state index is 0.0550. The van der Waals surface area contributed by atoms with Crippen LogP contribution in [0.15, 0.2) is 72.8 Å². The van der Waals surface area contributed by atoms with Gasteiger partial charge in [-0.1, -0.05) is 86.6 Å². The van der Waals surface area contributed by atoms with Crippen LogP contribution < -0.4 is 16.0 Å². The molecule has 5 atom stereocenters. The molecule has 0 radical (unpaired) electrons. The molecule has 3 aromatic rings. The van der Waals surface area contributed by atoms with Crippen molar-refractivity contribution >= 4 is 34.8 Å². The molecule has 292 valence electrons. The van der Waals surface area contributed by atoms with Gasteiger partial charge in [0, 0.05) is 45.2 Å². The van der Waals surface area contributed by atoms with Crippen LogP contribution in [-0.4, -0.2) is 74.0 Å². The number of fused-ring (bicyclic) bond motifs is 1. The van der Waals surface area contributed by atoms with Crippen LogP contribution >= 0.6 is 0 Å². The maximum atomic E-state index is 13.3. The average molecular weight is 746 g/mol. The first-order chi connectivity index (χ1) is 26.1. The Labute approximate surface area is 318 Å². The van der Waals surface area contributed by atoms with E-state index in [9.17, 15) is 19.2 Å². The Kier molecular flexibility index (Phi) is 15.1. The van der Waals surface area contributed by atoms with Crippen molar-refractivity contribution in [3.05, 3.63) is 83.9 Å². The lowest BCUT2D eigenvalue weighted by Crippen LogP contribution is -2.54. The van der Waals surface area contributed by atoms with Gasteiger partial charge in [-0.05, 0) is 60.4 Å². The van der Waals surface area contributed by atoms with Gasteiger partial charge in [-0.3, -0.25) is 4.79 Å². The van der Waals surface area contributed by atoms with Crippen LogP contribution in [0, 0.1) is 5.92 Å². The second-order valence-corrected chi connectivity index (χ2v) is 14.5. The molecule has 12 heteroatoms. The number of nitrogens with one attached hydrogen (secondary N) is 3. The van der Waals surface area contributed by atoms with Gasteiger partial charge in [0.1, 0.15) is 18.8 Å². The number of esters is 1. The normalized spacial score (nSPS) is 21.6. The summed E-state index contributed by atoms with van der Waals surface area (Å²) in [5, 5.41) is 10.7. The molecule has 2 aliphatic rings. The number of alkyl carbamates (subject to hydrolysis) is 2. The predicted octanol–water partition coefficient (Wildman–Crippen LogP) is 6.72. The third kappa shape index (κ3) is 12.4. The Balaban J connectivity index is 1.22. The Bertz CT molecular complexity index is 1680. The van der Waals surface area contributed by atoms with Crippen molar-refractivity contribution in [1.29, 1.82) is 0 Å². The summed E-state index contributed by atoms with van der Waals surface area (Å²) in [5.41, 5.74) is 1.87. The zero-order valence-corrected chi connectivity index (χ0v) is 31.7. The molecular weight excluding hydrogens is 690 g/mol. The zero-order valence-electron chi connectivity index (χ0n) is 31.7. The van der Waals surface area contributed by atoms with Crippen molar-refractivity contribution < 1.29 is 42.9 Å². The van der Waals surface area contributed by atoms with Gasteiger partial charge in [-0.2, -0.15) is 0 Å². The van der Waals surface area contributed by atoms with Crippen LogP contribution in [0.1, 0.15) is 83.3 Å². The fraction of sp³-hybridized carbons (Fsp3) is 0.524. The van der Waals surface area contributed by atoms with Crippen LogP contribution in [0.25, 0.3) is 10.8 Å². The third-order valence-electron chi connectivity index (χ3n) is 9.76. The van der Waals surface area contributed by atoms with Crippen LogP contribution in [-0.2, 0) is 46.2 Å². The fourth-order valence-corrected chi connectivity index (χ4v) is 7.10. The molecule has 3 N–H and O–H groups in total. The lowest BCUT2D eigenvalue weighted by molar-refractivity contribution is -0.329. The third-order valence-corrected chi connectivity index (χ3v) is 9.76. The van der Waals surface area contributed by atoms with Crippen LogP contribution in [0.3, 0.4) is 0 Å². The highest BCUT2D eigenvalue weighted by atomic mass is 16.7. The van der Waals surface area contributed by atoms with E-state index >= 15 is 0 Å². The summed E-state index contributed by atoms with van der Waals surface area (Å²) in [4.78, 5) is 51.7. The quantitative estimate of drug-likeness (QED) is 0.107. The van der Waals surface area contributed by atoms with Gasteiger partial charge < -0.3 is 39.6 Å². The lowest BCUT2D eigenvalue weighted by atomic mass is 9.90. The minimum atomic E-state index is -1.10. The zero-order chi connectivity index (χ0) is 38.3. The summed E-state index contributed by atoms with van der Waals surface area (Å²) in [6, 6.07) is 22.6. The van der Waals surface area contributed by atoms with E-state index in [-0.39, 0.29) is 38.5 Å². The van der Waals surface area contributed by atoms with E-state index in [1.54, 1.807) is 6.92 Å². The molecule has 0 aliphatic carbocycles. The van der Waals surface area contributed by atoms with Crippen molar-refractivity contribution in [2.24, 2.45) is 5.92 Å². The van der Waals surface area contributed by atoms with Gasteiger partial charge in [0.15, 0.2) is 5.79 Å². The van der Waals surface area contributed by atoms with E-state index in [1.807, 2.05) is 72.8 Å². The largest absolute Gasteiger partial charge is 0.464 e. The molecule has 0 bridgehead atoms. The number of hydrogen-bond acceptors (Lipinski definition) is 9. The number of hydrogen-bond donors (Lipinski definition) is 3. The van der Waals surface area contributed by atoms with Crippen molar-refractivity contribution in [2.75, 3.05) is 19.8 Å². The first-order valence-electron chi connectivity index (χ1n) is 19.3. The molecule has 1 spiro atoms. The molecule has 12 nitrogen and oxygen atoms in total. The van der Waals surface area contributed by atoms with Gasteiger partial charge in [0.05, 0.1) is 18.8 Å². The van der Waals surface area contributed by atoms with Crippen LogP contribution in [0.5, 0.6) is 0 Å². The van der Waals surface area contributed by atoms with Gasteiger partial charge in [0.2, 0.25) is 5.91 Å². The summed E-state index contributed by atoms with van der Waals surface area (Å²) in [6.45, 7) is 6.97. The molecule has 5 rings (SSSR count). The maximum Gasteiger partial charge on any atom is 0.407 e. The minimum Gasteiger partial charge on any atom is -0.464 e. The SMILES string of the molecule is CCOC(=O)[C@H](Cc1ccccc1)NC(=O)CCC1CC(OC(=O)NCc2cccc3ccccc23)CC2(CCCC(COC(=O)NCCC(C)C)O2)O1. The molecule has 2 heterocycles. The van der Waals surface area contributed by atoms with E-state index in [2.05, 4.69) is 29.8 Å². The Hall–Kier alpha value is -4.68. The van der Waals surface area contributed by atoms with Gasteiger partial charge in [-0.25, -0.2) is 14.4 Å². The molecule has 2 saturated heterocycles. The van der Waals surface area contributed by atoms with Crippen LogP contribution in [0.4, 0.5) is 9.59 Å². The Morgan fingerprint density at radius 3 is 2.44 bits per heavy atom. The topological polar surface area (TPSA) is 151 Å². The summed E-state index contributed by atoms with van der Waals surface area (Å²) in [7, 11) is 0. The first-order valence-corrected chi connectivity index (χ1v) is 19.3. The number of rotatable bonds is 16. The number of amides is 3. The average Bonchev–Trinajstić information content (AvgIpc) is 3.15. The van der Waals surface area contributed by atoms with E-state index in [0.29, 0.717) is 44.6 Å². The molecule has 4 unspecified atom stereocenters. The molecule has 2 aliphatic heterocycles. The summed E-state index contributed by atoms with van der Waals surface area (Å²) >= 11 is 0.